The highest BCUT2D eigenvalue weighted by molar-refractivity contribution is 7.80. The molecule has 6 nitrogen and oxygen atoms in total. The topological polar surface area (TPSA) is 98.1 Å². The van der Waals surface area contributed by atoms with E-state index < -0.39 is 0 Å². The normalized spacial score (nSPS) is 16.6. The molecule has 4 N–H and O–H groups in total. The van der Waals surface area contributed by atoms with E-state index in [0.717, 1.165) is 18.4 Å². The van der Waals surface area contributed by atoms with Crippen LogP contribution in [0.1, 0.15) is 18.4 Å². The molecule has 0 saturated carbocycles. The van der Waals surface area contributed by atoms with Gasteiger partial charge in [-0.3, -0.25) is 4.79 Å². The van der Waals surface area contributed by atoms with Crippen molar-refractivity contribution in [2.45, 2.75) is 12.8 Å². The number of nitrogens with two attached hydrogens (primary N) is 2. The Balaban J connectivity index is 2.15. The average molecular weight is 265 g/mol. The van der Waals surface area contributed by atoms with E-state index in [1.165, 1.54) is 0 Å². The number of carbonyl (C=O) groups excluding carboxylic acids is 1. The fourth-order valence-corrected chi connectivity index (χ4v) is 2.29. The first-order valence-corrected chi connectivity index (χ1v) is 6.16. The van der Waals surface area contributed by atoms with Crippen molar-refractivity contribution in [2.75, 3.05) is 18.0 Å². The molecular weight excluding hydrogens is 250 g/mol. The quantitative estimate of drug-likeness (QED) is 0.735. The van der Waals surface area contributed by atoms with Gasteiger partial charge in [-0.1, -0.05) is 12.2 Å². The lowest BCUT2D eigenvalue weighted by atomic mass is 9.96. The number of aromatic nitrogens is 2. The molecule has 0 spiro atoms. The van der Waals surface area contributed by atoms with E-state index in [-0.39, 0.29) is 11.8 Å². The molecule has 2 heterocycles. The van der Waals surface area contributed by atoms with Crippen LogP contribution in [0.3, 0.4) is 0 Å². The predicted molar refractivity (Wildman–Crippen MR) is 72.1 cm³/mol. The first kappa shape index (κ1) is 12.7. The molecule has 18 heavy (non-hydrogen) atoms. The number of thiocarbonyl (C=S) groups is 1. The minimum absolute atomic E-state index is 0.0498. The second kappa shape index (κ2) is 5.26. The van der Waals surface area contributed by atoms with Crippen molar-refractivity contribution in [1.29, 1.82) is 0 Å². The summed E-state index contributed by atoms with van der Waals surface area (Å²) in [6.07, 6.45) is 3.01. The maximum Gasteiger partial charge on any atom is 0.220 e. The van der Waals surface area contributed by atoms with Gasteiger partial charge in [0.15, 0.2) is 5.82 Å². The van der Waals surface area contributed by atoms with Crippen LogP contribution in [-0.4, -0.2) is 34.2 Å². The van der Waals surface area contributed by atoms with E-state index in [4.69, 9.17) is 23.7 Å². The number of piperidine rings is 1. The highest BCUT2D eigenvalue weighted by Crippen LogP contribution is 2.23. The van der Waals surface area contributed by atoms with Crippen molar-refractivity contribution in [2.24, 2.45) is 17.4 Å². The van der Waals surface area contributed by atoms with Gasteiger partial charge in [-0.25, -0.2) is 0 Å². The molecule has 7 heteroatoms. The van der Waals surface area contributed by atoms with Crippen molar-refractivity contribution >= 4 is 28.9 Å². The Hall–Kier alpha value is -1.76. The fraction of sp³-hybridized carbons (Fsp3) is 0.455. The molecule has 0 unspecified atom stereocenters. The Morgan fingerprint density at radius 1 is 1.39 bits per heavy atom. The molecule has 0 aromatic carbocycles. The van der Waals surface area contributed by atoms with Crippen LogP contribution in [0, 0.1) is 5.92 Å². The zero-order valence-corrected chi connectivity index (χ0v) is 10.7. The maximum absolute atomic E-state index is 11.1. The third-order valence-corrected chi connectivity index (χ3v) is 3.38. The summed E-state index contributed by atoms with van der Waals surface area (Å²) < 4.78 is 0. The van der Waals surface area contributed by atoms with Crippen LogP contribution >= 0.6 is 12.2 Å². The number of carbonyl (C=O) groups is 1. The van der Waals surface area contributed by atoms with Gasteiger partial charge in [-0.2, -0.15) is 5.10 Å². The molecule has 96 valence electrons. The van der Waals surface area contributed by atoms with Crippen molar-refractivity contribution in [1.82, 2.24) is 10.2 Å². The third kappa shape index (κ3) is 2.56. The van der Waals surface area contributed by atoms with Gasteiger partial charge in [-0.15, -0.1) is 5.10 Å². The molecule has 0 radical (unpaired) electrons. The van der Waals surface area contributed by atoms with E-state index in [2.05, 4.69) is 10.2 Å². The molecule has 1 amide bonds. The Morgan fingerprint density at radius 3 is 2.61 bits per heavy atom. The summed E-state index contributed by atoms with van der Waals surface area (Å²) in [5.74, 6) is 0.405. The number of nitrogens with zero attached hydrogens (tertiary/aromatic N) is 3. The van der Waals surface area contributed by atoms with Crippen LogP contribution in [0.5, 0.6) is 0 Å². The monoisotopic (exact) mass is 265 g/mol. The van der Waals surface area contributed by atoms with Crippen LogP contribution in [0.15, 0.2) is 12.3 Å². The van der Waals surface area contributed by atoms with E-state index in [0.29, 0.717) is 23.9 Å². The Morgan fingerprint density at radius 2 is 2.06 bits per heavy atom. The summed E-state index contributed by atoms with van der Waals surface area (Å²) in [5, 5.41) is 7.94. The number of anilines is 1. The summed E-state index contributed by atoms with van der Waals surface area (Å²) in [5.41, 5.74) is 11.7. The average Bonchev–Trinajstić information content (AvgIpc) is 2.39. The molecule has 0 aliphatic carbocycles. The Labute approximate surface area is 110 Å². The van der Waals surface area contributed by atoms with Gasteiger partial charge >= 0.3 is 0 Å². The molecule has 1 aromatic rings. The molecule has 1 aliphatic rings. The highest BCUT2D eigenvalue weighted by Gasteiger charge is 2.25. The van der Waals surface area contributed by atoms with E-state index in [1.54, 1.807) is 12.3 Å². The fourth-order valence-electron chi connectivity index (χ4n) is 2.13. The molecule has 1 saturated heterocycles. The van der Waals surface area contributed by atoms with Gasteiger partial charge in [0, 0.05) is 19.0 Å². The second-order valence-electron chi connectivity index (χ2n) is 4.30. The Bertz CT molecular complexity index is 470. The van der Waals surface area contributed by atoms with Crippen molar-refractivity contribution in [3.8, 4) is 0 Å². The van der Waals surface area contributed by atoms with Gasteiger partial charge in [0.1, 0.15) is 4.99 Å². The lowest BCUT2D eigenvalue weighted by Gasteiger charge is -2.31. The maximum atomic E-state index is 11.1. The van der Waals surface area contributed by atoms with Crippen LogP contribution in [0.4, 0.5) is 5.82 Å². The lowest BCUT2D eigenvalue weighted by Crippen LogP contribution is -2.39. The number of amides is 1. The minimum atomic E-state index is -0.233. The predicted octanol–water partition coefficient (Wildman–Crippen LogP) is -0.188. The van der Waals surface area contributed by atoms with Crippen molar-refractivity contribution < 1.29 is 4.79 Å². The van der Waals surface area contributed by atoms with E-state index in [9.17, 15) is 4.79 Å². The summed E-state index contributed by atoms with van der Waals surface area (Å²) in [4.78, 5) is 13.5. The number of hydrogen-bond acceptors (Lipinski definition) is 5. The lowest BCUT2D eigenvalue weighted by molar-refractivity contribution is -0.122. The summed E-state index contributed by atoms with van der Waals surface area (Å²) in [6, 6.07) is 1.75. The number of rotatable bonds is 3. The summed E-state index contributed by atoms with van der Waals surface area (Å²) >= 11 is 4.99. The zero-order chi connectivity index (χ0) is 13.1. The largest absolute Gasteiger partial charge is 0.389 e. The van der Waals surface area contributed by atoms with Crippen LogP contribution in [-0.2, 0) is 4.79 Å². The highest BCUT2D eigenvalue weighted by atomic mass is 32.1. The van der Waals surface area contributed by atoms with Gasteiger partial charge < -0.3 is 16.4 Å². The molecule has 2 rings (SSSR count). The molecule has 1 fully saturated rings. The molecule has 1 aromatic heterocycles. The first-order valence-electron chi connectivity index (χ1n) is 5.75. The SMILES string of the molecule is NC(=O)C1CCN(c2nnccc2C(N)=S)CC1. The summed E-state index contributed by atoms with van der Waals surface area (Å²) in [6.45, 7) is 1.42. The smallest absolute Gasteiger partial charge is 0.220 e. The van der Waals surface area contributed by atoms with E-state index >= 15 is 0 Å². The molecule has 0 atom stereocenters. The third-order valence-electron chi connectivity index (χ3n) is 3.16. The minimum Gasteiger partial charge on any atom is -0.389 e. The second-order valence-corrected chi connectivity index (χ2v) is 4.74. The zero-order valence-electron chi connectivity index (χ0n) is 9.87. The first-order chi connectivity index (χ1) is 8.59. The van der Waals surface area contributed by atoms with Gasteiger partial charge in [0.05, 0.1) is 11.8 Å². The van der Waals surface area contributed by atoms with Crippen LogP contribution in [0.25, 0.3) is 0 Å². The van der Waals surface area contributed by atoms with E-state index in [1.807, 2.05) is 4.90 Å². The number of hydrogen-bond donors (Lipinski definition) is 2. The van der Waals surface area contributed by atoms with Crippen molar-refractivity contribution in [3.05, 3.63) is 17.8 Å². The van der Waals surface area contributed by atoms with Crippen LogP contribution < -0.4 is 16.4 Å². The van der Waals surface area contributed by atoms with Gasteiger partial charge in [0.25, 0.3) is 0 Å². The molecule has 0 bridgehead atoms. The van der Waals surface area contributed by atoms with Crippen LogP contribution in [0.2, 0.25) is 0 Å². The van der Waals surface area contributed by atoms with Gasteiger partial charge in [0.2, 0.25) is 5.91 Å². The number of primary amides is 1. The molecular formula is C11H15N5OS. The Kier molecular flexibility index (Phi) is 3.71. The van der Waals surface area contributed by atoms with Gasteiger partial charge in [-0.05, 0) is 18.9 Å². The standard InChI is InChI=1S/C11H15N5OS/c12-9(17)7-2-5-16(6-3-7)11-8(10(13)18)1-4-14-15-11/h1,4,7H,2-3,5-6H2,(H2,12,17)(H2,13,18). The molecule has 1 aliphatic heterocycles. The summed E-state index contributed by atoms with van der Waals surface area (Å²) in [7, 11) is 0. The van der Waals surface area contributed by atoms with Crippen molar-refractivity contribution in [3.63, 3.8) is 0 Å².